The smallest absolute Gasteiger partial charge is 0.136 e. The van der Waals surface area contributed by atoms with Gasteiger partial charge < -0.3 is 5.32 Å². The zero-order valence-electron chi connectivity index (χ0n) is 13.0. The first kappa shape index (κ1) is 16.7. The summed E-state index contributed by atoms with van der Waals surface area (Å²) in [5.41, 5.74) is 4.64. The summed E-state index contributed by atoms with van der Waals surface area (Å²) < 4.78 is 1.17. The Labute approximate surface area is 158 Å². The quantitative estimate of drug-likeness (QED) is 0.416. The van der Waals surface area contributed by atoms with E-state index < -0.39 is 0 Å². The zero-order valence-corrected chi connectivity index (χ0v) is 15.9. The van der Waals surface area contributed by atoms with Crippen molar-refractivity contribution < 1.29 is 0 Å². The third-order valence-electron chi connectivity index (χ3n) is 3.43. The molecule has 1 heterocycles. The van der Waals surface area contributed by atoms with Crippen LogP contribution in [-0.2, 0) is 0 Å². The van der Waals surface area contributed by atoms with Crippen LogP contribution in [0.15, 0.2) is 60.1 Å². The van der Waals surface area contributed by atoms with Gasteiger partial charge in [0.05, 0.1) is 5.69 Å². The summed E-state index contributed by atoms with van der Waals surface area (Å²) in [6.07, 6.45) is 1.71. The van der Waals surface area contributed by atoms with E-state index in [0.29, 0.717) is 10.6 Å². The molecule has 118 valence electrons. The summed E-state index contributed by atoms with van der Waals surface area (Å²) >= 11 is 3.74. The molecule has 0 unspecified atom stereocenters. The normalized spacial score (nSPS) is 11.1. The van der Waals surface area contributed by atoms with E-state index in [2.05, 4.69) is 58.0 Å². The predicted molar refractivity (Wildman–Crippen MR) is 109 cm³/mol. The van der Waals surface area contributed by atoms with Crippen molar-refractivity contribution in [3.63, 3.8) is 0 Å². The van der Waals surface area contributed by atoms with Crippen LogP contribution in [0.25, 0.3) is 16.8 Å². The molecule has 0 saturated heterocycles. The summed E-state index contributed by atoms with van der Waals surface area (Å²) in [6.45, 7) is 2.06. The van der Waals surface area contributed by atoms with Crippen LogP contribution in [-0.4, -0.2) is 4.98 Å². The SMILES string of the molecule is Cc1ccc(-c2csc(/C(C#N)=C/Nc3ccc(I)cc3)n2)cc1. The highest BCUT2D eigenvalue weighted by Gasteiger charge is 2.08. The largest absolute Gasteiger partial charge is 0.360 e. The molecule has 0 bridgehead atoms. The highest BCUT2D eigenvalue weighted by molar-refractivity contribution is 14.1. The lowest BCUT2D eigenvalue weighted by atomic mass is 10.1. The average molecular weight is 443 g/mol. The Bertz CT molecular complexity index is 903. The number of aromatic nitrogens is 1. The topological polar surface area (TPSA) is 48.7 Å². The van der Waals surface area contributed by atoms with Crippen LogP contribution in [0.5, 0.6) is 0 Å². The number of nitrogens with zero attached hydrogens (tertiary/aromatic N) is 2. The van der Waals surface area contributed by atoms with Crippen molar-refractivity contribution in [2.45, 2.75) is 6.92 Å². The molecule has 0 spiro atoms. The van der Waals surface area contributed by atoms with Crippen molar-refractivity contribution >= 4 is 45.2 Å². The number of halogens is 1. The van der Waals surface area contributed by atoms with E-state index in [-0.39, 0.29) is 0 Å². The third-order valence-corrected chi connectivity index (χ3v) is 5.02. The molecule has 0 radical (unpaired) electrons. The minimum absolute atomic E-state index is 0.525. The van der Waals surface area contributed by atoms with Gasteiger partial charge in [0.25, 0.3) is 0 Å². The minimum Gasteiger partial charge on any atom is -0.360 e. The molecule has 3 rings (SSSR count). The van der Waals surface area contributed by atoms with Crippen LogP contribution in [0, 0.1) is 21.8 Å². The van der Waals surface area contributed by atoms with Gasteiger partial charge in [0, 0.05) is 26.4 Å². The maximum absolute atomic E-state index is 9.42. The number of hydrogen-bond donors (Lipinski definition) is 1. The minimum atomic E-state index is 0.525. The van der Waals surface area contributed by atoms with E-state index in [1.165, 1.54) is 20.5 Å². The molecule has 24 heavy (non-hydrogen) atoms. The second kappa shape index (κ2) is 7.60. The number of rotatable bonds is 4. The molecule has 0 atom stereocenters. The lowest BCUT2D eigenvalue weighted by Gasteiger charge is -2.01. The fourth-order valence-corrected chi connectivity index (χ4v) is 3.25. The number of thiazole rings is 1. The van der Waals surface area contributed by atoms with Gasteiger partial charge in [0.2, 0.25) is 0 Å². The Kier molecular flexibility index (Phi) is 5.28. The van der Waals surface area contributed by atoms with Gasteiger partial charge >= 0.3 is 0 Å². The molecule has 1 aromatic heterocycles. The maximum atomic E-state index is 9.42. The Hall–Kier alpha value is -2.17. The lowest BCUT2D eigenvalue weighted by Crippen LogP contribution is -1.91. The monoisotopic (exact) mass is 443 g/mol. The summed E-state index contributed by atoms with van der Waals surface area (Å²) in [5.74, 6) is 0. The molecule has 3 nitrogen and oxygen atoms in total. The van der Waals surface area contributed by atoms with E-state index >= 15 is 0 Å². The van der Waals surface area contributed by atoms with Crippen LogP contribution in [0.3, 0.4) is 0 Å². The number of anilines is 1. The van der Waals surface area contributed by atoms with Gasteiger partial charge in [-0.3, -0.25) is 0 Å². The van der Waals surface area contributed by atoms with Crippen LogP contribution >= 0.6 is 33.9 Å². The van der Waals surface area contributed by atoms with E-state index in [9.17, 15) is 5.26 Å². The molecular weight excluding hydrogens is 429 g/mol. The molecule has 1 N–H and O–H groups in total. The van der Waals surface area contributed by atoms with Gasteiger partial charge in [-0.25, -0.2) is 4.98 Å². The molecule has 0 saturated carbocycles. The van der Waals surface area contributed by atoms with E-state index in [1.54, 1.807) is 6.20 Å². The van der Waals surface area contributed by atoms with Crippen molar-refractivity contribution in [2.24, 2.45) is 0 Å². The van der Waals surface area contributed by atoms with Crippen LogP contribution < -0.4 is 5.32 Å². The fraction of sp³-hybridized carbons (Fsp3) is 0.0526. The molecule has 3 aromatic rings. The molecule has 0 fully saturated rings. The second-order valence-corrected chi connectivity index (χ2v) is 7.33. The Balaban J connectivity index is 1.81. The van der Waals surface area contributed by atoms with Gasteiger partial charge in [0.15, 0.2) is 0 Å². The molecule has 0 amide bonds. The van der Waals surface area contributed by atoms with Gasteiger partial charge in [-0.05, 0) is 53.8 Å². The Morgan fingerprint density at radius 2 is 1.88 bits per heavy atom. The Morgan fingerprint density at radius 1 is 1.17 bits per heavy atom. The second-order valence-electron chi connectivity index (χ2n) is 5.22. The van der Waals surface area contributed by atoms with E-state index in [1.807, 2.05) is 41.8 Å². The number of hydrogen-bond acceptors (Lipinski definition) is 4. The van der Waals surface area contributed by atoms with Gasteiger partial charge in [-0.1, -0.05) is 29.8 Å². The van der Waals surface area contributed by atoms with Crippen molar-refractivity contribution in [3.8, 4) is 17.3 Å². The van der Waals surface area contributed by atoms with Crippen molar-refractivity contribution in [2.75, 3.05) is 5.32 Å². The first-order chi connectivity index (χ1) is 11.7. The van der Waals surface area contributed by atoms with Crippen LogP contribution in [0.4, 0.5) is 5.69 Å². The number of nitriles is 1. The van der Waals surface area contributed by atoms with Crippen molar-refractivity contribution in [3.05, 3.63) is 74.3 Å². The van der Waals surface area contributed by atoms with Crippen molar-refractivity contribution in [1.29, 1.82) is 5.26 Å². The van der Waals surface area contributed by atoms with E-state index in [4.69, 9.17) is 0 Å². The third kappa shape index (κ3) is 4.02. The number of allylic oxidation sites excluding steroid dienone is 1. The highest BCUT2D eigenvalue weighted by atomic mass is 127. The Morgan fingerprint density at radius 3 is 2.54 bits per heavy atom. The van der Waals surface area contributed by atoms with Gasteiger partial charge in [-0.15, -0.1) is 11.3 Å². The molecule has 5 heteroatoms. The number of benzene rings is 2. The molecule has 0 aliphatic rings. The summed E-state index contributed by atoms with van der Waals surface area (Å²) in [4.78, 5) is 4.59. The first-order valence-corrected chi connectivity index (χ1v) is 9.27. The van der Waals surface area contributed by atoms with Crippen LogP contribution in [0.2, 0.25) is 0 Å². The maximum Gasteiger partial charge on any atom is 0.136 e. The molecule has 0 aliphatic carbocycles. The standard InChI is InChI=1S/C19H14IN3S/c1-13-2-4-14(5-3-13)18-12-24-19(23-18)15(10-21)11-22-17-8-6-16(20)7-9-17/h2-9,11-12,22H,1H3/b15-11+. The fourth-order valence-electron chi connectivity index (χ4n) is 2.10. The van der Waals surface area contributed by atoms with Gasteiger partial charge in [-0.2, -0.15) is 5.26 Å². The summed E-state index contributed by atoms with van der Waals surface area (Å²) in [6, 6.07) is 18.4. The molecule has 0 aliphatic heterocycles. The van der Waals surface area contributed by atoms with Crippen LogP contribution in [0.1, 0.15) is 10.6 Å². The van der Waals surface area contributed by atoms with Gasteiger partial charge in [0.1, 0.15) is 16.6 Å². The van der Waals surface area contributed by atoms with E-state index in [0.717, 1.165) is 16.9 Å². The molecule has 2 aromatic carbocycles. The summed E-state index contributed by atoms with van der Waals surface area (Å²) in [5, 5.41) is 15.3. The average Bonchev–Trinajstić information content (AvgIpc) is 3.08. The summed E-state index contributed by atoms with van der Waals surface area (Å²) in [7, 11) is 0. The number of nitrogens with one attached hydrogen (secondary N) is 1. The zero-order chi connectivity index (χ0) is 16.9. The molecular formula is C19H14IN3S. The predicted octanol–water partition coefficient (Wildman–Crippen LogP) is 5.70. The highest BCUT2D eigenvalue weighted by Crippen LogP contribution is 2.26. The lowest BCUT2D eigenvalue weighted by molar-refractivity contribution is 1.36. The van der Waals surface area contributed by atoms with Crippen molar-refractivity contribution in [1.82, 2.24) is 4.98 Å². The number of aryl methyl sites for hydroxylation is 1. The first-order valence-electron chi connectivity index (χ1n) is 7.31.